The molecule has 0 aliphatic heterocycles. The molecule has 1 atom stereocenters. The Balaban J connectivity index is 1.64. The summed E-state index contributed by atoms with van der Waals surface area (Å²) < 4.78 is 0. The molecule has 0 bridgehead atoms. The molecule has 3 aromatic rings. The van der Waals surface area contributed by atoms with Gasteiger partial charge in [0, 0.05) is 28.9 Å². The van der Waals surface area contributed by atoms with Crippen molar-refractivity contribution in [2.75, 3.05) is 5.32 Å². The number of carbonyl (C=O) groups is 1. The van der Waals surface area contributed by atoms with Gasteiger partial charge in [0.2, 0.25) is 5.91 Å². The van der Waals surface area contributed by atoms with E-state index in [2.05, 4.69) is 34.3 Å². The van der Waals surface area contributed by atoms with E-state index < -0.39 is 0 Å². The number of aromatic nitrogens is 2. The summed E-state index contributed by atoms with van der Waals surface area (Å²) in [5.74, 6) is 0.264. The van der Waals surface area contributed by atoms with E-state index in [9.17, 15) is 4.79 Å². The lowest BCUT2D eigenvalue weighted by molar-refractivity contribution is -0.115. The molecule has 0 saturated heterocycles. The highest BCUT2D eigenvalue weighted by atomic mass is 32.1. The summed E-state index contributed by atoms with van der Waals surface area (Å²) in [6.45, 7) is 4.21. The molecule has 3 rings (SSSR count). The number of carbonyl (C=O) groups excluding carboxylic acids is 1. The second kappa shape index (κ2) is 7.36. The number of anilines is 1. The van der Waals surface area contributed by atoms with Gasteiger partial charge in [0.05, 0.1) is 17.6 Å². The van der Waals surface area contributed by atoms with Crippen LogP contribution in [0.4, 0.5) is 5.69 Å². The third-order valence-corrected chi connectivity index (χ3v) is 5.07. The van der Waals surface area contributed by atoms with Gasteiger partial charge in [0.1, 0.15) is 0 Å². The summed E-state index contributed by atoms with van der Waals surface area (Å²) in [4.78, 5) is 21.7. The zero-order valence-corrected chi connectivity index (χ0v) is 14.5. The zero-order chi connectivity index (χ0) is 16.9. The molecule has 0 aliphatic carbocycles. The molecule has 24 heavy (non-hydrogen) atoms. The van der Waals surface area contributed by atoms with E-state index in [1.54, 1.807) is 23.7 Å². The molecule has 4 nitrogen and oxygen atoms in total. The molecule has 0 fully saturated rings. The second-order valence-corrected chi connectivity index (χ2v) is 6.62. The topological polar surface area (TPSA) is 54.9 Å². The largest absolute Gasteiger partial charge is 0.326 e. The van der Waals surface area contributed by atoms with Gasteiger partial charge in [-0.25, -0.2) is 4.98 Å². The third kappa shape index (κ3) is 3.86. The SMILES string of the molecule is Cc1ncsc1[C@H](C)c1ccc(NC(=O)Cc2cccnc2)cc1. The molecule has 2 heterocycles. The Morgan fingerprint density at radius 1 is 1.25 bits per heavy atom. The summed E-state index contributed by atoms with van der Waals surface area (Å²) in [5, 5.41) is 2.93. The van der Waals surface area contributed by atoms with Crippen molar-refractivity contribution in [3.8, 4) is 0 Å². The van der Waals surface area contributed by atoms with Gasteiger partial charge in [0.15, 0.2) is 0 Å². The fourth-order valence-electron chi connectivity index (χ4n) is 2.63. The Labute approximate surface area is 145 Å². The number of nitrogens with one attached hydrogen (secondary N) is 1. The maximum Gasteiger partial charge on any atom is 0.228 e. The van der Waals surface area contributed by atoms with E-state index in [0.29, 0.717) is 12.3 Å². The summed E-state index contributed by atoms with van der Waals surface area (Å²) >= 11 is 1.68. The third-order valence-electron chi connectivity index (χ3n) is 3.96. The Morgan fingerprint density at radius 3 is 2.67 bits per heavy atom. The van der Waals surface area contributed by atoms with Crippen LogP contribution in [-0.2, 0) is 11.2 Å². The highest BCUT2D eigenvalue weighted by molar-refractivity contribution is 7.09. The van der Waals surface area contributed by atoms with Crippen LogP contribution < -0.4 is 5.32 Å². The van der Waals surface area contributed by atoms with Crippen molar-refractivity contribution in [1.82, 2.24) is 9.97 Å². The molecule has 5 heteroatoms. The van der Waals surface area contributed by atoms with Gasteiger partial charge < -0.3 is 5.32 Å². The average Bonchev–Trinajstić information content (AvgIpc) is 3.02. The van der Waals surface area contributed by atoms with Crippen molar-refractivity contribution in [2.24, 2.45) is 0 Å². The molecular weight excluding hydrogens is 318 g/mol. The first-order chi connectivity index (χ1) is 11.6. The molecule has 0 spiro atoms. The predicted molar refractivity (Wildman–Crippen MR) is 97.4 cm³/mol. The normalized spacial score (nSPS) is 11.9. The lowest BCUT2D eigenvalue weighted by Crippen LogP contribution is -2.14. The number of hydrogen-bond acceptors (Lipinski definition) is 4. The van der Waals surface area contributed by atoms with E-state index in [4.69, 9.17) is 0 Å². The molecular formula is C19H19N3OS. The number of amides is 1. The van der Waals surface area contributed by atoms with Gasteiger partial charge in [-0.3, -0.25) is 9.78 Å². The van der Waals surface area contributed by atoms with E-state index in [1.165, 1.54) is 10.4 Å². The number of hydrogen-bond donors (Lipinski definition) is 1. The summed E-state index contributed by atoms with van der Waals surface area (Å²) in [6, 6.07) is 11.7. The molecule has 0 radical (unpaired) electrons. The molecule has 122 valence electrons. The van der Waals surface area contributed by atoms with Crippen LogP contribution >= 0.6 is 11.3 Å². The van der Waals surface area contributed by atoms with Crippen molar-refractivity contribution in [3.63, 3.8) is 0 Å². The van der Waals surface area contributed by atoms with Gasteiger partial charge in [-0.1, -0.05) is 25.1 Å². The molecule has 2 aromatic heterocycles. The van der Waals surface area contributed by atoms with Gasteiger partial charge in [-0.05, 0) is 36.2 Å². The minimum atomic E-state index is -0.0397. The molecule has 1 amide bonds. The predicted octanol–water partition coefficient (Wildman–Crippen LogP) is 4.18. The molecule has 0 unspecified atom stereocenters. The highest BCUT2D eigenvalue weighted by Gasteiger charge is 2.13. The number of thiazole rings is 1. The zero-order valence-electron chi connectivity index (χ0n) is 13.7. The van der Waals surface area contributed by atoms with Gasteiger partial charge in [-0.2, -0.15) is 0 Å². The smallest absolute Gasteiger partial charge is 0.228 e. The number of nitrogens with zero attached hydrogens (tertiary/aromatic N) is 2. The van der Waals surface area contributed by atoms with E-state index >= 15 is 0 Å². The van der Waals surface area contributed by atoms with Crippen LogP contribution in [0.5, 0.6) is 0 Å². The van der Waals surface area contributed by atoms with E-state index in [0.717, 1.165) is 16.9 Å². The number of benzene rings is 1. The van der Waals surface area contributed by atoms with Crippen LogP contribution in [0, 0.1) is 6.92 Å². The number of rotatable bonds is 5. The van der Waals surface area contributed by atoms with Crippen LogP contribution in [0.3, 0.4) is 0 Å². The summed E-state index contributed by atoms with van der Waals surface area (Å²) in [5.41, 5.74) is 5.89. The van der Waals surface area contributed by atoms with E-state index in [-0.39, 0.29) is 5.91 Å². The Hall–Kier alpha value is -2.53. The minimum absolute atomic E-state index is 0.0397. The summed E-state index contributed by atoms with van der Waals surface area (Å²) in [6.07, 6.45) is 3.74. The van der Waals surface area contributed by atoms with Gasteiger partial charge in [0.25, 0.3) is 0 Å². The lowest BCUT2D eigenvalue weighted by atomic mass is 9.98. The minimum Gasteiger partial charge on any atom is -0.326 e. The van der Waals surface area contributed by atoms with Crippen molar-refractivity contribution >= 4 is 22.9 Å². The van der Waals surface area contributed by atoms with Crippen LogP contribution in [0.15, 0.2) is 54.3 Å². The van der Waals surface area contributed by atoms with Crippen LogP contribution in [0.25, 0.3) is 0 Å². The molecule has 1 N–H and O–H groups in total. The number of aryl methyl sites for hydroxylation is 1. The molecule has 1 aromatic carbocycles. The average molecular weight is 337 g/mol. The monoisotopic (exact) mass is 337 g/mol. The summed E-state index contributed by atoms with van der Waals surface area (Å²) in [7, 11) is 0. The van der Waals surface area contributed by atoms with Crippen molar-refractivity contribution < 1.29 is 4.79 Å². The van der Waals surface area contributed by atoms with Crippen LogP contribution in [0.2, 0.25) is 0 Å². The maximum absolute atomic E-state index is 12.1. The first kappa shape index (κ1) is 16.3. The Morgan fingerprint density at radius 2 is 2.04 bits per heavy atom. The first-order valence-corrected chi connectivity index (χ1v) is 8.70. The number of pyridine rings is 1. The fourth-order valence-corrected chi connectivity index (χ4v) is 3.51. The first-order valence-electron chi connectivity index (χ1n) is 7.82. The van der Waals surface area contributed by atoms with Crippen molar-refractivity contribution in [3.05, 3.63) is 76.0 Å². The van der Waals surface area contributed by atoms with Crippen LogP contribution in [0.1, 0.15) is 34.5 Å². The van der Waals surface area contributed by atoms with Crippen molar-refractivity contribution in [1.29, 1.82) is 0 Å². The Kier molecular flexibility index (Phi) is 5.01. The maximum atomic E-state index is 12.1. The highest BCUT2D eigenvalue weighted by Crippen LogP contribution is 2.30. The lowest BCUT2D eigenvalue weighted by Gasteiger charge is -2.12. The van der Waals surface area contributed by atoms with Gasteiger partial charge >= 0.3 is 0 Å². The molecule has 0 aliphatic rings. The van der Waals surface area contributed by atoms with E-state index in [1.807, 2.05) is 36.7 Å². The Bertz CT molecular complexity index is 812. The second-order valence-electron chi connectivity index (χ2n) is 5.73. The quantitative estimate of drug-likeness (QED) is 0.760. The standard InChI is InChI=1S/C19H19N3OS/c1-13(19-14(2)21-12-24-19)16-5-7-17(8-6-16)22-18(23)10-15-4-3-9-20-11-15/h3-9,11-13H,10H2,1-2H3,(H,22,23)/t13-/m1/s1. The van der Waals surface area contributed by atoms with Gasteiger partial charge in [-0.15, -0.1) is 11.3 Å². The van der Waals surface area contributed by atoms with Crippen molar-refractivity contribution in [2.45, 2.75) is 26.2 Å². The molecule has 0 saturated carbocycles. The fraction of sp³-hybridized carbons (Fsp3) is 0.211. The van der Waals surface area contributed by atoms with Crippen LogP contribution in [-0.4, -0.2) is 15.9 Å².